The van der Waals surface area contributed by atoms with Gasteiger partial charge in [-0.3, -0.25) is 14.3 Å². The first-order valence-electron chi connectivity index (χ1n) is 6.77. The van der Waals surface area contributed by atoms with Crippen molar-refractivity contribution in [2.24, 2.45) is 5.73 Å². The molecule has 0 bridgehead atoms. The van der Waals surface area contributed by atoms with Gasteiger partial charge in [-0.2, -0.15) is 0 Å². The largest absolute Gasteiger partial charge is 0.506 e. The third-order valence-corrected chi connectivity index (χ3v) is 4.38. The highest BCUT2D eigenvalue weighted by molar-refractivity contribution is 7.92. The number of hydrogen-bond acceptors (Lipinski definition) is 5. The van der Waals surface area contributed by atoms with Crippen molar-refractivity contribution in [2.75, 3.05) is 11.3 Å². The van der Waals surface area contributed by atoms with E-state index in [0.29, 0.717) is 0 Å². The second-order valence-electron chi connectivity index (χ2n) is 4.80. The van der Waals surface area contributed by atoms with Gasteiger partial charge < -0.3 is 16.2 Å². The molecule has 0 spiro atoms. The molecule has 0 unspecified atom stereocenters. The van der Waals surface area contributed by atoms with Gasteiger partial charge in [0.15, 0.2) is 0 Å². The van der Waals surface area contributed by atoms with Crippen LogP contribution in [-0.4, -0.2) is 31.9 Å². The number of aromatic hydroxyl groups is 1. The van der Waals surface area contributed by atoms with E-state index in [1.165, 1.54) is 36.4 Å². The molecule has 0 aromatic heterocycles. The first-order valence-corrected chi connectivity index (χ1v) is 8.25. The summed E-state index contributed by atoms with van der Waals surface area (Å²) in [7, 11) is -3.92. The number of primary amides is 1. The lowest BCUT2D eigenvalue weighted by molar-refractivity contribution is -0.117. The van der Waals surface area contributed by atoms with E-state index in [9.17, 15) is 23.1 Å². The van der Waals surface area contributed by atoms with E-state index < -0.39 is 21.8 Å². The zero-order chi connectivity index (χ0) is 17.7. The Labute approximate surface area is 138 Å². The van der Waals surface area contributed by atoms with Gasteiger partial charge in [0.2, 0.25) is 5.91 Å². The van der Waals surface area contributed by atoms with E-state index in [2.05, 4.69) is 10.0 Å². The van der Waals surface area contributed by atoms with Crippen molar-refractivity contribution in [3.8, 4) is 5.75 Å². The Kier molecular flexibility index (Phi) is 5.05. The summed E-state index contributed by atoms with van der Waals surface area (Å²) in [6.07, 6.45) is 0. The van der Waals surface area contributed by atoms with Crippen LogP contribution >= 0.6 is 0 Å². The van der Waals surface area contributed by atoms with Gasteiger partial charge in [0.05, 0.1) is 17.1 Å². The van der Waals surface area contributed by atoms with E-state index in [1.54, 1.807) is 12.1 Å². The number of rotatable bonds is 6. The molecule has 2 rings (SSSR count). The lowest BCUT2D eigenvalue weighted by Crippen LogP contribution is -2.33. The van der Waals surface area contributed by atoms with Crippen LogP contribution in [0.25, 0.3) is 0 Å². The Hall–Kier alpha value is -3.07. The summed E-state index contributed by atoms with van der Waals surface area (Å²) in [4.78, 5) is 22.3. The number of carbonyl (C=O) groups excluding carboxylic acids is 2. The predicted octanol–water partition coefficient (Wildman–Crippen LogP) is 0.408. The molecule has 0 saturated heterocycles. The molecule has 0 aliphatic carbocycles. The van der Waals surface area contributed by atoms with Gasteiger partial charge in [-0.05, 0) is 36.4 Å². The number of phenolic OH excluding ortho intramolecular Hbond substituents is 1. The SMILES string of the molecule is NC(=O)CNC(=O)c1ccc(S(=O)(=O)Nc2ccccc2O)cc1. The molecule has 0 aliphatic rings. The molecule has 0 fully saturated rings. The average molecular weight is 349 g/mol. The van der Waals surface area contributed by atoms with E-state index in [4.69, 9.17) is 5.73 Å². The number of nitrogens with two attached hydrogens (primary N) is 1. The molecule has 24 heavy (non-hydrogen) atoms. The second kappa shape index (κ2) is 7.01. The highest BCUT2D eigenvalue weighted by Gasteiger charge is 2.16. The van der Waals surface area contributed by atoms with E-state index >= 15 is 0 Å². The minimum atomic E-state index is -3.92. The van der Waals surface area contributed by atoms with Crippen molar-refractivity contribution in [2.45, 2.75) is 4.90 Å². The molecule has 2 aromatic carbocycles. The van der Waals surface area contributed by atoms with Crippen LogP contribution in [0, 0.1) is 0 Å². The molecule has 8 nitrogen and oxygen atoms in total. The minimum absolute atomic E-state index is 0.0424. The molecule has 2 amide bonds. The van der Waals surface area contributed by atoms with Crippen LogP contribution in [-0.2, 0) is 14.8 Å². The van der Waals surface area contributed by atoms with Crippen molar-refractivity contribution in [3.63, 3.8) is 0 Å². The molecular formula is C15H15N3O5S. The fourth-order valence-corrected chi connectivity index (χ4v) is 2.89. The Morgan fingerprint density at radius 1 is 1.04 bits per heavy atom. The average Bonchev–Trinajstić information content (AvgIpc) is 2.54. The third kappa shape index (κ3) is 4.23. The molecule has 5 N–H and O–H groups in total. The van der Waals surface area contributed by atoms with Crippen molar-refractivity contribution in [1.82, 2.24) is 5.32 Å². The summed E-state index contributed by atoms with van der Waals surface area (Å²) in [5.74, 6) is -1.44. The molecule has 0 radical (unpaired) electrons. The lowest BCUT2D eigenvalue weighted by atomic mass is 10.2. The van der Waals surface area contributed by atoms with Gasteiger partial charge in [-0.1, -0.05) is 12.1 Å². The Bertz CT molecular complexity index is 863. The third-order valence-electron chi connectivity index (χ3n) is 3.00. The van der Waals surface area contributed by atoms with Gasteiger partial charge in [-0.15, -0.1) is 0 Å². The number of anilines is 1. The maximum Gasteiger partial charge on any atom is 0.262 e. The van der Waals surface area contributed by atoms with Gasteiger partial charge in [0, 0.05) is 5.56 Å². The van der Waals surface area contributed by atoms with E-state index in [0.717, 1.165) is 0 Å². The van der Waals surface area contributed by atoms with Crippen LogP contribution in [0.2, 0.25) is 0 Å². The summed E-state index contributed by atoms with van der Waals surface area (Å²) in [6, 6.07) is 11.0. The van der Waals surface area contributed by atoms with Crippen LogP contribution in [0.3, 0.4) is 0 Å². The summed E-state index contributed by atoms with van der Waals surface area (Å²) in [6.45, 7) is -0.312. The van der Waals surface area contributed by atoms with Crippen LogP contribution in [0.5, 0.6) is 5.75 Å². The number of para-hydroxylation sites is 2. The van der Waals surface area contributed by atoms with Crippen molar-refractivity contribution in [1.29, 1.82) is 0 Å². The van der Waals surface area contributed by atoms with Gasteiger partial charge in [0.25, 0.3) is 15.9 Å². The Balaban J connectivity index is 2.16. The first-order chi connectivity index (χ1) is 11.3. The Morgan fingerprint density at radius 3 is 2.25 bits per heavy atom. The molecule has 0 aliphatic heterocycles. The number of carbonyl (C=O) groups is 2. The number of phenols is 1. The molecule has 9 heteroatoms. The van der Waals surface area contributed by atoms with Crippen molar-refractivity contribution >= 4 is 27.5 Å². The Morgan fingerprint density at radius 2 is 1.67 bits per heavy atom. The van der Waals surface area contributed by atoms with Crippen molar-refractivity contribution < 1.29 is 23.1 Å². The van der Waals surface area contributed by atoms with Gasteiger partial charge in [-0.25, -0.2) is 8.42 Å². The quantitative estimate of drug-likeness (QED) is 0.559. The standard InChI is InChI=1S/C15H15N3O5S/c16-14(20)9-17-15(21)10-5-7-11(8-6-10)24(22,23)18-12-3-1-2-4-13(12)19/h1-8,18-19H,9H2,(H2,16,20)(H,17,21). The zero-order valence-corrected chi connectivity index (χ0v) is 13.2. The number of hydrogen-bond donors (Lipinski definition) is 4. The van der Waals surface area contributed by atoms with E-state index in [-0.39, 0.29) is 28.4 Å². The number of sulfonamides is 1. The fraction of sp³-hybridized carbons (Fsp3) is 0.0667. The number of benzene rings is 2. The van der Waals surface area contributed by atoms with Crippen LogP contribution < -0.4 is 15.8 Å². The fourth-order valence-electron chi connectivity index (χ4n) is 1.82. The maximum atomic E-state index is 12.3. The molecule has 126 valence electrons. The molecule has 2 aromatic rings. The normalized spacial score (nSPS) is 10.8. The molecule has 0 atom stereocenters. The second-order valence-corrected chi connectivity index (χ2v) is 6.48. The van der Waals surface area contributed by atoms with Crippen LogP contribution in [0.15, 0.2) is 53.4 Å². The lowest BCUT2D eigenvalue weighted by Gasteiger charge is -2.10. The van der Waals surface area contributed by atoms with Gasteiger partial charge >= 0.3 is 0 Å². The van der Waals surface area contributed by atoms with Gasteiger partial charge in [0.1, 0.15) is 5.75 Å². The molecular weight excluding hydrogens is 334 g/mol. The maximum absolute atomic E-state index is 12.3. The van der Waals surface area contributed by atoms with Crippen molar-refractivity contribution in [3.05, 3.63) is 54.1 Å². The monoisotopic (exact) mass is 349 g/mol. The predicted molar refractivity (Wildman–Crippen MR) is 86.9 cm³/mol. The summed E-state index contributed by atoms with van der Waals surface area (Å²) in [5, 5.41) is 11.9. The minimum Gasteiger partial charge on any atom is -0.506 e. The van der Waals surface area contributed by atoms with E-state index in [1.807, 2.05) is 0 Å². The highest BCUT2D eigenvalue weighted by atomic mass is 32.2. The topological polar surface area (TPSA) is 139 Å². The first kappa shape index (κ1) is 17.3. The van der Waals surface area contributed by atoms with Crippen LogP contribution in [0.1, 0.15) is 10.4 Å². The number of nitrogens with one attached hydrogen (secondary N) is 2. The summed E-state index contributed by atoms with van der Waals surface area (Å²) < 4.78 is 26.8. The number of amides is 2. The molecule has 0 saturated carbocycles. The summed E-state index contributed by atoms with van der Waals surface area (Å²) in [5.41, 5.74) is 5.14. The highest BCUT2D eigenvalue weighted by Crippen LogP contribution is 2.25. The molecule has 0 heterocycles. The zero-order valence-electron chi connectivity index (χ0n) is 12.4. The van der Waals surface area contributed by atoms with Crippen LogP contribution in [0.4, 0.5) is 5.69 Å². The smallest absolute Gasteiger partial charge is 0.262 e. The summed E-state index contributed by atoms with van der Waals surface area (Å²) >= 11 is 0.